The first-order chi connectivity index (χ1) is 11.3. The summed E-state index contributed by atoms with van der Waals surface area (Å²) in [6.07, 6.45) is 1.07. The fraction of sp³-hybridized carbons (Fsp3) is 0.400. The topological polar surface area (TPSA) is 33.3 Å². The molecule has 122 valence electrons. The summed E-state index contributed by atoms with van der Waals surface area (Å²) in [7, 11) is 0. The smallest absolute Gasteiger partial charge is 0.0620 e. The van der Waals surface area contributed by atoms with E-state index >= 15 is 0 Å². The van der Waals surface area contributed by atoms with Gasteiger partial charge in [0, 0.05) is 18.6 Å². The van der Waals surface area contributed by atoms with E-state index in [1.54, 1.807) is 0 Å². The third-order valence-electron chi connectivity index (χ3n) is 4.35. The zero-order valence-corrected chi connectivity index (χ0v) is 13.7. The summed E-state index contributed by atoms with van der Waals surface area (Å²) in [5, 5.41) is 7.34. The van der Waals surface area contributed by atoms with Crippen LogP contribution >= 0.6 is 0 Å². The second-order valence-corrected chi connectivity index (χ2v) is 6.28. The Morgan fingerprint density at radius 3 is 2.17 bits per heavy atom. The zero-order chi connectivity index (χ0) is 15.9. The second kappa shape index (κ2) is 8.25. The predicted molar refractivity (Wildman–Crippen MR) is 94.6 cm³/mol. The van der Waals surface area contributed by atoms with Crippen LogP contribution in [0.1, 0.15) is 30.5 Å². The van der Waals surface area contributed by atoms with E-state index in [0.717, 1.165) is 26.2 Å². The number of nitrogens with one attached hydrogen (secondary N) is 2. The van der Waals surface area contributed by atoms with Crippen molar-refractivity contribution in [2.45, 2.75) is 31.5 Å². The van der Waals surface area contributed by atoms with Gasteiger partial charge in [0.05, 0.1) is 19.3 Å². The van der Waals surface area contributed by atoms with Gasteiger partial charge in [-0.25, -0.2) is 0 Å². The van der Waals surface area contributed by atoms with Gasteiger partial charge < -0.3 is 15.4 Å². The summed E-state index contributed by atoms with van der Waals surface area (Å²) >= 11 is 0. The maximum absolute atomic E-state index is 5.57. The highest BCUT2D eigenvalue weighted by Crippen LogP contribution is 2.23. The Hall–Kier alpha value is -1.68. The molecule has 0 amide bonds. The van der Waals surface area contributed by atoms with Crippen LogP contribution in [0.5, 0.6) is 0 Å². The van der Waals surface area contributed by atoms with Crippen LogP contribution in [0, 0.1) is 0 Å². The molecule has 23 heavy (non-hydrogen) atoms. The molecule has 1 heterocycles. The monoisotopic (exact) mass is 310 g/mol. The van der Waals surface area contributed by atoms with Gasteiger partial charge >= 0.3 is 0 Å². The highest BCUT2D eigenvalue weighted by atomic mass is 16.5. The van der Waals surface area contributed by atoms with E-state index in [1.807, 2.05) is 0 Å². The standard InChI is InChI=1S/C20H26N2O/c1-16(14-19-15-23-13-12-21-19)22-20(17-8-4-2-5-9-17)18-10-6-3-7-11-18/h2-11,16,19-22H,12-15H2,1H3. The third-order valence-corrected chi connectivity index (χ3v) is 4.35. The fourth-order valence-corrected chi connectivity index (χ4v) is 3.23. The van der Waals surface area contributed by atoms with Crippen molar-refractivity contribution in [3.05, 3.63) is 71.8 Å². The van der Waals surface area contributed by atoms with Crippen molar-refractivity contribution < 1.29 is 4.74 Å². The van der Waals surface area contributed by atoms with Gasteiger partial charge in [0.1, 0.15) is 0 Å². The zero-order valence-electron chi connectivity index (χ0n) is 13.7. The van der Waals surface area contributed by atoms with Crippen LogP contribution in [0.3, 0.4) is 0 Å². The number of hydrogen-bond donors (Lipinski definition) is 2. The van der Waals surface area contributed by atoms with Crippen LogP contribution in [0.25, 0.3) is 0 Å². The molecule has 1 aliphatic heterocycles. The lowest BCUT2D eigenvalue weighted by molar-refractivity contribution is 0.0709. The molecule has 0 aromatic heterocycles. The predicted octanol–water partition coefficient (Wildman–Crippen LogP) is 3.13. The summed E-state index contributed by atoms with van der Waals surface area (Å²) in [6.45, 7) is 4.86. The van der Waals surface area contributed by atoms with Crippen molar-refractivity contribution in [1.29, 1.82) is 0 Å². The Labute approximate surface area is 139 Å². The first-order valence-electron chi connectivity index (χ1n) is 8.50. The molecule has 0 radical (unpaired) electrons. The average molecular weight is 310 g/mol. The molecule has 2 aromatic carbocycles. The van der Waals surface area contributed by atoms with E-state index in [4.69, 9.17) is 4.74 Å². The molecule has 0 saturated carbocycles. The van der Waals surface area contributed by atoms with Crippen molar-refractivity contribution in [2.24, 2.45) is 0 Å². The van der Waals surface area contributed by atoms with Gasteiger partial charge in [0.15, 0.2) is 0 Å². The largest absolute Gasteiger partial charge is 0.379 e. The number of hydrogen-bond acceptors (Lipinski definition) is 3. The molecule has 2 unspecified atom stereocenters. The molecular formula is C20H26N2O. The number of rotatable bonds is 6. The van der Waals surface area contributed by atoms with Crippen LogP contribution < -0.4 is 10.6 Å². The first-order valence-corrected chi connectivity index (χ1v) is 8.50. The van der Waals surface area contributed by atoms with Crippen molar-refractivity contribution >= 4 is 0 Å². The van der Waals surface area contributed by atoms with Gasteiger partial charge in [-0.15, -0.1) is 0 Å². The van der Waals surface area contributed by atoms with Crippen LogP contribution in [0.15, 0.2) is 60.7 Å². The maximum Gasteiger partial charge on any atom is 0.0620 e. The van der Waals surface area contributed by atoms with Crippen molar-refractivity contribution in [1.82, 2.24) is 10.6 Å². The SMILES string of the molecule is CC(CC1COCCN1)NC(c1ccccc1)c1ccccc1. The van der Waals surface area contributed by atoms with Gasteiger partial charge in [0.2, 0.25) is 0 Å². The number of ether oxygens (including phenoxy) is 1. The Kier molecular flexibility index (Phi) is 5.81. The molecule has 1 saturated heterocycles. The quantitative estimate of drug-likeness (QED) is 0.860. The summed E-state index contributed by atoms with van der Waals surface area (Å²) in [4.78, 5) is 0. The molecule has 0 aliphatic carbocycles. The lowest BCUT2D eigenvalue weighted by Crippen LogP contribution is -2.45. The minimum atomic E-state index is 0.219. The van der Waals surface area contributed by atoms with E-state index in [1.165, 1.54) is 11.1 Å². The summed E-state index contributed by atoms with van der Waals surface area (Å²) < 4.78 is 5.57. The van der Waals surface area contributed by atoms with Crippen LogP contribution in [0.4, 0.5) is 0 Å². The summed E-state index contributed by atoms with van der Waals surface area (Å²) in [6, 6.07) is 22.4. The molecule has 2 aromatic rings. The third kappa shape index (κ3) is 4.64. The van der Waals surface area contributed by atoms with Crippen molar-refractivity contribution in [2.75, 3.05) is 19.8 Å². The summed E-state index contributed by atoms with van der Waals surface area (Å²) in [5.41, 5.74) is 2.61. The number of benzene rings is 2. The minimum absolute atomic E-state index is 0.219. The number of morpholine rings is 1. The molecular weight excluding hydrogens is 284 g/mol. The second-order valence-electron chi connectivity index (χ2n) is 6.28. The van der Waals surface area contributed by atoms with Gasteiger partial charge in [-0.3, -0.25) is 0 Å². The minimum Gasteiger partial charge on any atom is -0.379 e. The fourth-order valence-electron chi connectivity index (χ4n) is 3.23. The van der Waals surface area contributed by atoms with E-state index in [0.29, 0.717) is 12.1 Å². The van der Waals surface area contributed by atoms with Crippen LogP contribution in [-0.2, 0) is 4.74 Å². The van der Waals surface area contributed by atoms with Crippen LogP contribution in [-0.4, -0.2) is 31.8 Å². The molecule has 3 nitrogen and oxygen atoms in total. The highest BCUT2D eigenvalue weighted by Gasteiger charge is 2.20. The Balaban J connectivity index is 1.71. The Morgan fingerprint density at radius 1 is 1.04 bits per heavy atom. The molecule has 3 rings (SSSR count). The van der Waals surface area contributed by atoms with Crippen LogP contribution in [0.2, 0.25) is 0 Å². The Bertz CT molecular complexity index is 527. The van der Waals surface area contributed by atoms with Gasteiger partial charge in [-0.05, 0) is 24.5 Å². The maximum atomic E-state index is 5.57. The van der Waals surface area contributed by atoms with Crippen molar-refractivity contribution in [3.8, 4) is 0 Å². The molecule has 2 N–H and O–H groups in total. The molecule has 0 spiro atoms. The molecule has 2 atom stereocenters. The van der Waals surface area contributed by atoms with E-state index < -0.39 is 0 Å². The van der Waals surface area contributed by atoms with Crippen molar-refractivity contribution in [3.63, 3.8) is 0 Å². The lowest BCUT2D eigenvalue weighted by Gasteiger charge is -2.29. The highest BCUT2D eigenvalue weighted by molar-refractivity contribution is 5.31. The molecule has 3 heteroatoms. The van der Waals surface area contributed by atoms with E-state index in [9.17, 15) is 0 Å². The lowest BCUT2D eigenvalue weighted by atomic mass is 9.97. The average Bonchev–Trinajstić information content (AvgIpc) is 2.62. The summed E-state index contributed by atoms with van der Waals surface area (Å²) in [5.74, 6) is 0. The van der Waals surface area contributed by atoms with E-state index in [2.05, 4.69) is 78.2 Å². The van der Waals surface area contributed by atoms with Gasteiger partial charge in [0.25, 0.3) is 0 Å². The molecule has 0 bridgehead atoms. The van der Waals surface area contributed by atoms with Gasteiger partial charge in [-0.2, -0.15) is 0 Å². The van der Waals surface area contributed by atoms with E-state index in [-0.39, 0.29) is 6.04 Å². The molecule has 1 fully saturated rings. The molecule has 1 aliphatic rings. The van der Waals surface area contributed by atoms with Gasteiger partial charge in [-0.1, -0.05) is 60.7 Å². The normalized spacial score (nSPS) is 19.7. The Morgan fingerprint density at radius 2 is 1.65 bits per heavy atom. The first kappa shape index (κ1) is 16.2.